The molecule has 1 aliphatic rings. The minimum absolute atomic E-state index is 0.248. The molecule has 1 atom stereocenters. The molecule has 18 heavy (non-hydrogen) atoms. The smallest absolute Gasteiger partial charge is 0.389 e. The minimum Gasteiger partial charge on any atom is -0.481 e. The van der Waals surface area contributed by atoms with Gasteiger partial charge in [0.1, 0.15) is 0 Å². The highest BCUT2D eigenvalue weighted by molar-refractivity contribution is 5.83. The van der Waals surface area contributed by atoms with Crippen LogP contribution in [-0.4, -0.2) is 17.3 Å². The lowest BCUT2D eigenvalue weighted by Gasteiger charge is -2.26. The molecule has 0 spiro atoms. The quantitative estimate of drug-likeness (QED) is 0.903. The summed E-state index contributed by atoms with van der Waals surface area (Å²) in [5.41, 5.74) is 0.0235. The van der Waals surface area contributed by atoms with Crippen molar-refractivity contribution in [1.82, 2.24) is 0 Å². The maximum atomic E-state index is 12.3. The van der Waals surface area contributed by atoms with Gasteiger partial charge in [0.15, 0.2) is 0 Å². The van der Waals surface area contributed by atoms with Crippen molar-refractivity contribution in [3.8, 4) is 0 Å². The van der Waals surface area contributed by atoms with Gasteiger partial charge in [0.05, 0.1) is 5.41 Å². The molecule has 1 aromatic carbocycles. The first-order chi connectivity index (χ1) is 8.35. The van der Waals surface area contributed by atoms with E-state index < -0.39 is 24.0 Å². The average molecular weight is 258 g/mol. The summed E-state index contributed by atoms with van der Waals surface area (Å²) in [7, 11) is 0. The van der Waals surface area contributed by atoms with E-state index in [4.69, 9.17) is 0 Å². The summed E-state index contributed by atoms with van der Waals surface area (Å²) in [6, 6.07) is 6.87. The van der Waals surface area contributed by atoms with Gasteiger partial charge < -0.3 is 5.11 Å². The minimum atomic E-state index is -4.32. The van der Waals surface area contributed by atoms with Crippen LogP contribution in [0.25, 0.3) is 0 Å². The van der Waals surface area contributed by atoms with Crippen molar-refractivity contribution < 1.29 is 23.1 Å². The number of benzene rings is 1. The normalized spacial score (nSPS) is 22.8. The molecule has 1 aromatic rings. The number of alkyl halides is 3. The highest BCUT2D eigenvalue weighted by Gasteiger charge is 2.47. The number of hydrogen-bond donors (Lipinski definition) is 1. The molecule has 0 saturated heterocycles. The SMILES string of the molecule is O=C(O)C1(CCC(F)(F)F)CCc2ccccc21. The predicted octanol–water partition coefficient (Wildman–Crippen LogP) is 3.30. The Morgan fingerprint density at radius 1 is 1.33 bits per heavy atom. The van der Waals surface area contributed by atoms with Gasteiger partial charge >= 0.3 is 12.1 Å². The van der Waals surface area contributed by atoms with Gasteiger partial charge in [-0.05, 0) is 30.4 Å². The highest BCUT2D eigenvalue weighted by Crippen LogP contribution is 2.44. The Kier molecular flexibility index (Phi) is 3.09. The van der Waals surface area contributed by atoms with Crippen LogP contribution >= 0.6 is 0 Å². The molecule has 2 nitrogen and oxygen atoms in total. The van der Waals surface area contributed by atoms with Gasteiger partial charge in [-0.3, -0.25) is 4.79 Å². The van der Waals surface area contributed by atoms with Crippen LogP contribution in [0.2, 0.25) is 0 Å². The van der Waals surface area contributed by atoms with Gasteiger partial charge in [0.25, 0.3) is 0 Å². The largest absolute Gasteiger partial charge is 0.481 e. The van der Waals surface area contributed by atoms with Crippen molar-refractivity contribution >= 4 is 5.97 Å². The van der Waals surface area contributed by atoms with Crippen molar-refractivity contribution in [3.63, 3.8) is 0 Å². The number of aryl methyl sites for hydroxylation is 1. The molecule has 0 radical (unpaired) electrons. The molecule has 0 amide bonds. The molecule has 2 rings (SSSR count). The lowest BCUT2D eigenvalue weighted by Crippen LogP contribution is -2.34. The molecule has 0 aliphatic heterocycles. The Morgan fingerprint density at radius 3 is 2.61 bits per heavy atom. The van der Waals surface area contributed by atoms with E-state index in [1.165, 1.54) is 0 Å². The lowest BCUT2D eigenvalue weighted by molar-refractivity contribution is -0.151. The molecule has 0 heterocycles. The van der Waals surface area contributed by atoms with Crippen LogP contribution in [0.1, 0.15) is 30.4 Å². The molecule has 5 heteroatoms. The van der Waals surface area contributed by atoms with Crippen LogP contribution in [0.3, 0.4) is 0 Å². The summed E-state index contributed by atoms with van der Waals surface area (Å²) in [5.74, 6) is -1.16. The monoisotopic (exact) mass is 258 g/mol. The van der Waals surface area contributed by atoms with Crippen LogP contribution in [0.4, 0.5) is 13.2 Å². The number of halogens is 3. The fraction of sp³-hybridized carbons (Fsp3) is 0.462. The van der Waals surface area contributed by atoms with Crippen molar-refractivity contribution in [2.75, 3.05) is 0 Å². The molecule has 0 saturated carbocycles. The third kappa shape index (κ3) is 2.21. The number of hydrogen-bond acceptors (Lipinski definition) is 1. The van der Waals surface area contributed by atoms with E-state index in [1.54, 1.807) is 24.3 Å². The fourth-order valence-corrected chi connectivity index (χ4v) is 2.63. The number of carbonyl (C=O) groups is 1. The van der Waals surface area contributed by atoms with Gasteiger partial charge in [0.2, 0.25) is 0 Å². The van der Waals surface area contributed by atoms with E-state index in [0.717, 1.165) is 5.56 Å². The van der Waals surface area contributed by atoms with E-state index in [1.807, 2.05) is 0 Å². The highest BCUT2D eigenvalue weighted by atomic mass is 19.4. The number of aliphatic carboxylic acids is 1. The van der Waals surface area contributed by atoms with E-state index in [2.05, 4.69) is 0 Å². The van der Waals surface area contributed by atoms with Gasteiger partial charge in [0, 0.05) is 6.42 Å². The maximum absolute atomic E-state index is 12.3. The number of fused-ring (bicyclic) bond motifs is 1. The molecular formula is C13H13F3O2. The van der Waals surface area contributed by atoms with Crippen LogP contribution < -0.4 is 0 Å². The molecule has 0 aromatic heterocycles. The average Bonchev–Trinajstić information content (AvgIpc) is 2.66. The molecule has 98 valence electrons. The van der Waals surface area contributed by atoms with E-state index in [9.17, 15) is 23.1 Å². The number of carboxylic acid groups (broad SMARTS) is 1. The second kappa shape index (κ2) is 4.30. The summed E-state index contributed by atoms with van der Waals surface area (Å²) in [4.78, 5) is 11.4. The first-order valence-electron chi connectivity index (χ1n) is 5.74. The second-order valence-electron chi connectivity index (χ2n) is 4.66. The Morgan fingerprint density at radius 2 is 2.00 bits per heavy atom. The zero-order chi connectivity index (χ0) is 13.4. The Balaban J connectivity index is 2.33. The summed E-state index contributed by atoms with van der Waals surface area (Å²) in [5, 5.41) is 9.34. The molecular weight excluding hydrogens is 245 g/mol. The molecule has 1 aliphatic carbocycles. The fourth-order valence-electron chi connectivity index (χ4n) is 2.63. The second-order valence-corrected chi connectivity index (χ2v) is 4.66. The van der Waals surface area contributed by atoms with E-state index >= 15 is 0 Å². The summed E-state index contributed by atoms with van der Waals surface area (Å²) >= 11 is 0. The maximum Gasteiger partial charge on any atom is 0.389 e. The first-order valence-corrected chi connectivity index (χ1v) is 5.74. The molecule has 1 N–H and O–H groups in total. The number of rotatable bonds is 3. The summed E-state index contributed by atoms with van der Waals surface area (Å²) in [6.45, 7) is 0. The van der Waals surface area contributed by atoms with E-state index in [0.29, 0.717) is 12.0 Å². The van der Waals surface area contributed by atoms with Crippen LogP contribution in [0, 0.1) is 0 Å². The Labute approximate surface area is 102 Å². The van der Waals surface area contributed by atoms with Crippen molar-refractivity contribution in [2.45, 2.75) is 37.3 Å². The van der Waals surface area contributed by atoms with Gasteiger partial charge in [-0.25, -0.2) is 0 Å². The van der Waals surface area contributed by atoms with Crippen LogP contribution in [0.5, 0.6) is 0 Å². The zero-order valence-electron chi connectivity index (χ0n) is 9.63. The van der Waals surface area contributed by atoms with E-state index in [-0.39, 0.29) is 12.8 Å². The first kappa shape index (κ1) is 12.9. The van der Waals surface area contributed by atoms with Crippen LogP contribution in [0.15, 0.2) is 24.3 Å². The van der Waals surface area contributed by atoms with Gasteiger partial charge in [-0.2, -0.15) is 13.2 Å². The summed E-state index contributed by atoms with van der Waals surface area (Å²) in [6.07, 6.45) is -4.99. The van der Waals surface area contributed by atoms with Crippen molar-refractivity contribution in [3.05, 3.63) is 35.4 Å². The Hall–Kier alpha value is -1.52. The van der Waals surface area contributed by atoms with Crippen molar-refractivity contribution in [1.29, 1.82) is 0 Å². The van der Waals surface area contributed by atoms with Gasteiger partial charge in [-0.15, -0.1) is 0 Å². The third-order valence-electron chi connectivity index (χ3n) is 3.60. The predicted molar refractivity (Wildman–Crippen MR) is 59.4 cm³/mol. The third-order valence-corrected chi connectivity index (χ3v) is 3.60. The molecule has 1 unspecified atom stereocenters. The summed E-state index contributed by atoms with van der Waals surface area (Å²) < 4.78 is 37.0. The van der Waals surface area contributed by atoms with Gasteiger partial charge in [-0.1, -0.05) is 24.3 Å². The lowest BCUT2D eigenvalue weighted by atomic mass is 9.78. The molecule has 0 bridgehead atoms. The van der Waals surface area contributed by atoms with Crippen molar-refractivity contribution in [2.24, 2.45) is 0 Å². The Bertz CT molecular complexity index is 468. The topological polar surface area (TPSA) is 37.3 Å². The number of carboxylic acids is 1. The standard InChI is InChI=1S/C13H13F3O2/c14-13(15,16)8-7-12(11(17)18)6-5-9-3-1-2-4-10(9)12/h1-4H,5-8H2,(H,17,18). The van der Waals surface area contributed by atoms with Crippen LogP contribution in [-0.2, 0) is 16.6 Å². The molecule has 0 fully saturated rings. The zero-order valence-corrected chi connectivity index (χ0v) is 9.63.